The van der Waals surface area contributed by atoms with Gasteiger partial charge in [-0.25, -0.2) is 8.78 Å². The van der Waals surface area contributed by atoms with Crippen molar-refractivity contribution in [2.75, 3.05) is 0 Å². The normalized spacial score (nSPS) is 11.4. The fourth-order valence-electron chi connectivity index (χ4n) is 2.31. The topological polar surface area (TPSA) is 107 Å². The Hall–Kier alpha value is -3.58. The molecule has 0 saturated carbocycles. The van der Waals surface area contributed by atoms with E-state index >= 15 is 0 Å². The van der Waals surface area contributed by atoms with Gasteiger partial charge in [0.25, 0.3) is 0 Å². The fraction of sp³-hybridized carbons (Fsp3) is 0. The van der Waals surface area contributed by atoms with Crippen LogP contribution in [0.25, 0.3) is 21.9 Å². The van der Waals surface area contributed by atoms with Crippen LogP contribution >= 0.6 is 11.5 Å². The van der Waals surface area contributed by atoms with E-state index in [1.807, 2.05) is 6.07 Å². The molecule has 2 aromatic heterocycles. The van der Waals surface area contributed by atoms with Gasteiger partial charge in [-0.3, -0.25) is 0 Å². The summed E-state index contributed by atoms with van der Waals surface area (Å²) in [5, 5.41) is 34.4. The predicted octanol–water partition coefficient (Wildman–Crippen LogP) is 4.51. The fourth-order valence-corrected chi connectivity index (χ4v) is 2.94. The van der Waals surface area contributed by atoms with E-state index in [1.165, 1.54) is 0 Å². The Morgan fingerprint density at radius 2 is 1.88 bits per heavy atom. The second-order valence-corrected chi connectivity index (χ2v) is 5.95. The summed E-state index contributed by atoms with van der Waals surface area (Å²) in [6, 6.07) is 8.21. The average Bonchev–Trinajstić information content (AvgIpc) is 3.07. The van der Waals surface area contributed by atoms with Crippen LogP contribution in [0.15, 0.2) is 40.6 Å². The van der Waals surface area contributed by atoms with Gasteiger partial charge in [-0.2, -0.15) is 14.7 Å². The van der Waals surface area contributed by atoms with Gasteiger partial charge in [-0.05, 0) is 29.7 Å². The van der Waals surface area contributed by atoms with Crippen LogP contribution in [-0.4, -0.2) is 19.7 Å². The molecule has 7 nitrogen and oxygen atoms in total. The zero-order chi connectivity index (χ0) is 18.3. The number of nitriles is 1. The van der Waals surface area contributed by atoms with Gasteiger partial charge < -0.3 is 5.11 Å². The van der Waals surface area contributed by atoms with Crippen LogP contribution in [0.4, 0.5) is 20.2 Å². The second-order valence-electron chi connectivity index (χ2n) is 5.18. The van der Waals surface area contributed by atoms with Crippen LogP contribution in [-0.2, 0) is 0 Å². The molecule has 0 spiro atoms. The maximum Gasteiger partial charge on any atom is 0.167 e. The maximum absolute atomic E-state index is 13.7. The number of phenols is 1. The minimum absolute atomic E-state index is 0.348. The van der Waals surface area contributed by atoms with Gasteiger partial charge in [0, 0.05) is 17.5 Å². The third-order valence-corrected chi connectivity index (χ3v) is 4.29. The van der Waals surface area contributed by atoms with Gasteiger partial charge >= 0.3 is 0 Å². The van der Waals surface area contributed by atoms with E-state index in [4.69, 9.17) is 10.4 Å². The number of benzene rings is 2. The maximum atomic E-state index is 13.7. The zero-order valence-corrected chi connectivity index (χ0v) is 13.5. The summed E-state index contributed by atoms with van der Waals surface area (Å²) in [4.78, 5) is 0.350. The molecule has 0 unspecified atom stereocenters. The molecule has 0 atom stereocenters. The van der Waals surface area contributed by atoms with Crippen LogP contribution in [0.2, 0.25) is 0 Å². The molecule has 0 saturated heterocycles. The van der Waals surface area contributed by atoms with Crippen molar-refractivity contribution in [2.45, 2.75) is 0 Å². The van der Waals surface area contributed by atoms with Crippen molar-refractivity contribution < 1.29 is 13.9 Å². The van der Waals surface area contributed by atoms with Crippen molar-refractivity contribution in [1.82, 2.24) is 14.6 Å². The number of nitrogens with zero attached hydrogens (tertiary/aromatic N) is 6. The average molecular weight is 368 g/mol. The molecular formula is C16H6F2N6OS. The first-order valence-corrected chi connectivity index (χ1v) is 7.90. The number of halogens is 2. The summed E-state index contributed by atoms with van der Waals surface area (Å²) in [5.41, 5.74) is 1.46. The third kappa shape index (κ3) is 2.60. The lowest BCUT2D eigenvalue weighted by Gasteiger charge is -2.00. The molecule has 2 heterocycles. The van der Waals surface area contributed by atoms with E-state index in [1.54, 1.807) is 18.2 Å². The van der Waals surface area contributed by atoms with E-state index in [2.05, 4.69) is 24.8 Å². The predicted molar refractivity (Wildman–Crippen MR) is 89.6 cm³/mol. The molecule has 0 amide bonds. The lowest BCUT2D eigenvalue weighted by Crippen LogP contribution is -1.86. The first kappa shape index (κ1) is 15.9. The van der Waals surface area contributed by atoms with Crippen LogP contribution in [0.5, 0.6) is 5.75 Å². The number of rotatable bonds is 2. The number of aromatic hydroxyl groups is 1. The lowest BCUT2D eigenvalue weighted by molar-refractivity contribution is 0.427. The minimum Gasteiger partial charge on any atom is -0.505 e. The highest BCUT2D eigenvalue weighted by atomic mass is 32.1. The molecule has 0 aliphatic heterocycles. The van der Waals surface area contributed by atoms with Crippen molar-refractivity contribution in [2.24, 2.45) is 10.2 Å². The van der Waals surface area contributed by atoms with Crippen LogP contribution < -0.4 is 0 Å². The Balaban J connectivity index is 1.80. The molecule has 26 heavy (non-hydrogen) atoms. The Kier molecular flexibility index (Phi) is 3.70. The molecule has 0 radical (unpaired) electrons. The Morgan fingerprint density at radius 3 is 2.69 bits per heavy atom. The molecule has 126 valence electrons. The van der Waals surface area contributed by atoms with E-state index in [0.29, 0.717) is 38.6 Å². The van der Waals surface area contributed by atoms with E-state index in [-0.39, 0.29) is 5.69 Å². The van der Waals surface area contributed by atoms with Crippen molar-refractivity contribution >= 4 is 44.8 Å². The lowest BCUT2D eigenvalue weighted by atomic mass is 10.2. The number of hydrogen-bond donors (Lipinski definition) is 1. The molecule has 0 aliphatic carbocycles. The summed E-state index contributed by atoms with van der Waals surface area (Å²) < 4.78 is 31.3. The molecule has 0 bridgehead atoms. The van der Waals surface area contributed by atoms with Gasteiger partial charge in [0.2, 0.25) is 0 Å². The largest absolute Gasteiger partial charge is 0.505 e. The molecule has 10 heteroatoms. The van der Waals surface area contributed by atoms with Crippen molar-refractivity contribution in [3.63, 3.8) is 0 Å². The quantitative estimate of drug-likeness (QED) is 0.524. The first-order chi connectivity index (χ1) is 12.6. The second kappa shape index (κ2) is 6.05. The number of aromatic nitrogens is 3. The van der Waals surface area contributed by atoms with Gasteiger partial charge in [0.1, 0.15) is 22.8 Å². The number of hydrogen-bond acceptors (Lipinski definition) is 8. The van der Waals surface area contributed by atoms with Crippen LogP contribution in [0.1, 0.15) is 4.88 Å². The Labute approximate surface area is 148 Å². The summed E-state index contributed by atoms with van der Waals surface area (Å²) >= 11 is 1.02. The monoisotopic (exact) mass is 368 g/mol. The Bertz CT molecular complexity index is 1250. The van der Waals surface area contributed by atoms with E-state index in [0.717, 1.165) is 17.6 Å². The summed E-state index contributed by atoms with van der Waals surface area (Å²) in [6.07, 6.45) is 0. The van der Waals surface area contributed by atoms with Crippen molar-refractivity contribution in [3.05, 3.63) is 46.8 Å². The highest BCUT2D eigenvalue weighted by Gasteiger charge is 2.12. The third-order valence-electron chi connectivity index (χ3n) is 3.55. The SMILES string of the molecule is N#Cc1snc2c1nnc1ccc(/N=N/c3cc(F)c(O)cc3F)cc12. The standard InChI is InChI=1S/C16H6F2N6OS/c17-9-5-13(25)10(18)4-12(9)22-20-7-1-2-11-8(3-7)15-16(23-21-11)14(6-19)26-24-15/h1-5,25H/b22-20+. The van der Waals surface area contributed by atoms with Crippen LogP contribution in [0, 0.1) is 23.0 Å². The molecule has 0 fully saturated rings. The molecule has 4 aromatic rings. The summed E-state index contributed by atoms with van der Waals surface area (Å²) in [7, 11) is 0. The molecular weight excluding hydrogens is 362 g/mol. The summed E-state index contributed by atoms with van der Waals surface area (Å²) in [6.45, 7) is 0. The zero-order valence-electron chi connectivity index (χ0n) is 12.7. The van der Waals surface area contributed by atoms with Crippen molar-refractivity contribution in [1.29, 1.82) is 5.26 Å². The van der Waals surface area contributed by atoms with E-state index in [9.17, 15) is 8.78 Å². The smallest absolute Gasteiger partial charge is 0.167 e. The minimum atomic E-state index is -0.998. The number of phenolic OH excluding ortho intramolecular Hbond substituents is 1. The molecule has 2 aromatic carbocycles. The van der Waals surface area contributed by atoms with Gasteiger partial charge in [0.05, 0.1) is 11.2 Å². The summed E-state index contributed by atoms with van der Waals surface area (Å²) in [5.74, 6) is -2.70. The Morgan fingerprint density at radius 1 is 1.04 bits per heavy atom. The number of azo groups is 1. The molecule has 0 aliphatic rings. The van der Waals surface area contributed by atoms with Crippen molar-refractivity contribution in [3.8, 4) is 11.8 Å². The van der Waals surface area contributed by atoms with Gasteiger partial charge in [0.15, 0.2) is 22.3 Å². The van der Waals surface area contributed by atoms with Gasteiger partial charge in [-0.15, -0.1) is 15.3 Å². The highest BCUT2D eigenvalue weighted by Crippen LogP contribution is 2.31. The molecule has 1 N–H and O–H groups in total. The molecule has 4 rings (SSSR count). The number of fused-ring (bicyclic) bond motifs is 3. The van der Waals surface area contributed by atoms with Gasteiger partial charge in [-0.1, -0.05) is 0 Å². The highest BCUT2D eigenvalue weighted by molar-refractivity contribution is 7.07. The first-order valence-electron chi connectivity index (χ1n) is 7.12. The van der Waals surface area contributed by atoms with Crippen LogP contribution in [0.3, 0.4) is 0 Å². The van der Waals surface area contributed by atoms with E-state index < -0.39 is 17.4 Å².